The van der Waals surface area contributed by atoms with Crippen LogP contribution in [0.25, 0.3) is 0 Å². The lowest BCUT2D eigenvalue weighted by atomic mass is 10.0. The first kappa shape index (κ1) is 6.67. The molecule has 1 atom stereocenters. The van der Waals surface area contributed by atoms with Crippen LogP contribution >= 0.6 is 0 Å². The smallest absolute Gasteiger partial charge is 0.123 e. The SMILES string of the molecule is CC(C)C(C)C=O. The summed E-state index contributed by atoms with van der Waals surface area (Å²) in [5, 5.41) is 0. The van der Waals surface area contributed by atoms with Crippen molar-refractivity contribution in [3.05, 3.63) is 0 Å². The van der Waals surface area contributed by atoms with Crippen molar-refractivity contribution in [2.75, 3.05) is 0 Å². The van der Waals surface area contributed by atoms with Gasteiger partial charge in [-0.05, 0) is 5.92 Å². The van der Waals surface area contributed by atoms with Crippen molar-refractivity contribution >= 4 is 6.29 Å². The van der Waals surface area contributed by atoms with Crippen molar-refractivity contribution in [3.63, 3.8) is 0 Å². The average molecular weight is 100 g/mol. The summed E-state index contributed by atoms with van der Waals surface area (Å²) in [4.78, 5) is 9.95. The predicted octanol–water partition coefficient (Wildman–Crippen LogP) is 1.48. The van der Waals surface area contributed by atoms with Crippen LogP contribution in [-0.2, 0) is 4.79 Å². The van der Waals surface area contributed by atoms with E-state index >= 15 is 0 Å². The van der Waals surface area contributed by atoms with Crippen LogP contribution in [0.2, 0.25) is 0 Å². The minimum Gasteiger partial charge on any atom is -0.303 e. The van der Waals surface area contributed by atoms with Crippen LogP contribution in [0.5, 0.6) is 0 Å². The molecule has 0 aromatic rings. The van der Waals surface area contributed by atoms with Gasteiger partial charge in [-0.2, -0.15) is 0 Å². The topological polar surface area (TPSA) is 17.1 Å². The molecule has 0 aliphatic heterocycles. The molecular formula is C6H12O. The Balaban J connectivity index is 3.33. The molecule has 0 aliphatic carbocycles. The predicted molar refractivity (Wildman–Crippen MR) is 30.1 cm³/mol. The summed E-state index contributed by atoms with van der Waals surface area (Å²) in [6.45, 7) is 6.01. The Hall–Kier alpha value is -0.330. The Labute approximate surface area is 44.7 Å². The second-order valence-electron chi connectivity index (χ2n) is 2.24. The van der Waals surface area contributed by atoms with E-state index in [9.17, 15) is 4.79 Å². The van der Waals surface area contributed by atoms with Crippen LogP contribution in [-0.4, -0.2) is 6.29 Å². The Morgan fingerprint density at radius 3 is 1.71 bits per heavy atom. The molecule has 0 rings (SSSR count). The van der Waals surface area contributed by atoms with Gasteiger partial charge in [-0.3, -0.25) is 0 Å². The van der Waals surface area contributed by atoms with Crippen molar-refractivity contribution in [3.8, 4) is 0 Å². The molecule has 0 spiro atoms. The minimum absolute atomic E-state index is 0.222. The highest BCUT2D eigenvalue weighted by Gasteiger charge is 2.02. The van der Waals surface area contributed by atoms with Crippen LogP contribution in [0.1, 0.15) is 20.8 Å². The van der Waals surface area contributed by atoms with E-state index in [1.807, 2.05) is 20.8 Å². The minimum atomic E-state index is 0.222. The molecule has 42 valence electrons. The first-order valence-corrected chi connectivity index (χ1v) is 2.63. The van der Waals surface area contributed by atoms with E-state index in [0.717, 1.165) is 6.29 Å². The highest BCUT2D eigenvalue weighted by atomic mass is 16.1. The molecule has 0 aromatic heterocycles. The standard InChI is InChI=1S/C6H12O/c1-5(2)6(3)4-7/h4-6H,1-3H3. The maximum absolute atomic E-state index is 9.95. The van der Waals surface area contributed by atoms with Crippen molar-refractivity contribution in [1.82, 2.24) is 0 Å². The summed E-state index contributed by atoms with van der Waals surface area (Å²) >= 11 is 0. The zero-order valence-corrected chi connectivity index (χ0v) is 5.14. The van der Waals surface area contributed by atoms with Crippen LogP contribution in [0.3, 0.4) is 0 Å². The second-order valence-corrected chi connectivity index (χ2v) is 2.24. The Morgan fingerprint density at radius 1 is 1.29 bits per heavy atom. The van der Waals surface area contributed by atoms with Gasteiger partial charge >= 0.3 is 0 Å². The fourth-order valence-corrected chi connectivity index (χ4v) is 0.157. The fraction of sp³-hybridized carbons (Fsp3) is 0.833. The molecule has 0 N–H and O–H groups in total. The molecule has 1 nitrogen and oxygen atoms in total. The van der Waals surface area contributed by atoms with E-state index < -0.39 is 0 Å². The monoisotopic (exact) mass is 100 g/mol. The van der Waals surface area contributed by atoms with E-state index in [1.54, 1.807) is 0 Å². The van der Waals surface area contributed by atoms with Crippen molar-refractivity contribution in [2.45, 2.75) is 20.8 Å². The van der Waals surface area contributed by atoms with E-state index in [-0.39, 0.29) is 5.92 Å². The summed E-state index contributed by atoms with van der Waals surface area (Å²) in [7, 11) is 0. The zero-order valence-electron chi connectivity index (χ0n) is 5.14. The highest BCUT2D eigenvalue weighted by molar-refractivity contribution is 5.52. The fourth-order valence-electron chi connectivity index (χ4n) is 0.157. The van der Waals surface area contributed by atoms with Gasteiger partial charge in [0.15, 0.2) is 0 Å². The molecule has 1 unspecified atom stereocenters. The van der Waals surface area contributed by atoms with Gasteiger partial charge in [0.05, 0.1) is 0 Å². The molecule has 0 amide bonds. The first-order valence-electron chi connectivity index (χ1n) is 2.63. The van der Waals surface area contributed by atoms with Crippen molar-refractivity contribution in [1.29, 1.82) is 0 Å². The largest absolute Gasteiger partial charge is 0.303 e. The lowest BCUT2D eigenvalue weighted by Crippen LogP contribution is -2.03. The quantitative estimate of drug-likeness (QED) is 0.480. The van der Waals surface area contributed by atoms with Crippen LogP contribution in [0.4, 0.5) is 0 Å². The zero-order chi connectivity index (χ0) is 5.86. The van der Waals surface area contributed by atoms with Crippen LogP contribution in [0, 0.1) is 11.8 Å². The number of carbonyl (C=O) groups excluding carboxylic acids is 1. The van der Waals surface area contributed by atoms with E-state index in [4.69, 9.17) is 0 Å². The van der Waals surface area contributed by atoms with Gasteiger partial charge in [-0.25, -0.2) is 0 Å². The molecular weight excluding hydrogens is 88.1 g/mol. The van der Waals surface area contributed by atoms with E-state index in [1.165, 1.54) is 0 Å². The normalized spacial score (nSPS) is 14.3. The van der Waals surface area contributed by atoms with Gasteiger partial charge in [-0.1, -0.05) is 20.8 Å². The summed E-state index contributed by atoms with van der Waals surface area (Å²) in [6, 6.07) is 0. The molecule has 0 saturated heterocycles. The lowest BCUT2D eigenvalue weighted by molar-refractivity contribution is -0.111. The Morgan fingerprint density at radius 2 is 1.71 bits per heavy atom. The maximum atomic E-state index is 9.95. The number of hydrogen-bond acceptors (Lipinski definition) is 1. The molecule has 0 bridgehead atoms. The third-order valence-electron chi connectivity index (χ3n) is 1.27. The summed E-state index contributed by atoms with van der Waals surface area (Å²) in [6.07, 6.45) is 0.991. The average Bonchev–Trinajstić information content (AvgIpc) is 1.65. The van der Waals surface area contributed by atoms with Crippen LogP contribution in [0.15, 0.2) is 0 Å². The van der Waals surface area contributed by atoms with Gasteiger partial charge in [0.2, 0.25) is 0 Å². The number of hydrogen-bond donors (Lipinski definition) is 0. The summed E-state index contributed by atoms with van der Waals surface area (Å²) < 4.78 is 0. The highest BCUT2D eigenvalue weighted by Crippen LogP contribution is 2.04. The molecule has 0 fully saturated rings. The van der Waals surface area contributed by atoms with E-state index in [0.29, 0.717) is 5.92 Å². The summed E-state index contributed by atoms with van der Waals surface area (Å²) in [5.41, 5.74) is 0. The van der Waals surface area contributed by atoms with Gasteiger partial charge in [0.25, 0.3) is 0 Å². The number of rotatable bonds is 2. The maximum Gasteiger partial charge on any atom is 0.123 e. The number of aldehydes is 1. The first-order chi connectivity index (χ1) is 3.18. The second kappa shape index (κ2) is 2.78. The van der Waals surface area contributed by atoms with Crippen molar-refractivity contribution in [2.24, 2.45) is 11.8 Å². The van der Waals surface area contributed by atoms with Crippen molar-refractivity contribution < 1.29 is 4.79 Å². The summed E-state index contributed by atoms with van der Waals surface area (Å²) in [5.74, 6) is 0.720. The molecule has 7 heavy (non-hydrogen) atoms. The Kier molecular flexibility index (Phi) is 2.65. The van der Waals surface area contributed by atoms with Gasteiger partial charge < -0.3 is 4.79 Å². The van der Waals surface area contributed by atoms with Crippen LogP contribution < -0.4 is 0 Å². The molecule has 1 heteroatoms. The third kappa shape index (κ3) is 2.38. The molecule has 0 heterocycles. The number of carbonyl (C=O) groups is 1. The molecule has 0 radical (unpaired) electrons. The lowest BCUT2D eigenvalue weighted by Gasteiger charge is -2.04. The third-order valence-corrected chi connectivity index (χ3v) is 1.27. The Bertz CT molecular complexity index is 57.2. The van der Waals surface area contributed by atoms with Gasteiger partial charge in [0.1, 0.15) is 6.29 Å². The van der Waals surface area contributed by atoms with E-state index in [2.05, 4.69) is 0 Å². The molecule has 0 saturated carbocycles. The molecule has 0 aromatic carbocycles. The molecule has 0 aliphatic rings. The van der Waals surface area contributed by atoms with Gasteiger partial charge in [0, 0.05) is 5.92 Å². The van der Waals surface area contributed by atoms with Gasteiger partial charge in [-0.15, -0.1) is 0 Å².